The normalized spacial score (nSPS) is 10.5. The highest BCUT2D eigenvalue weighted by Crippen LogP contribution is 2.21. The van der Waals surface area contributed by atoms with E-state index in [9.17, 15) is 4.79 Å². The number of hydrogen-bond donors (Lipinski definition) is 2. The number of nitrogens with one attached hydrogen (secondary N) is 2. The molecule has 126 valence electrons. The Labute approximate surface area is 148 Å². The molecule has 0 spiro atoms. The van der Waals surface area contributed by atoms with Crippen LogP contribution in [0.15, 0.2) is 84.9 Å². The molecule has 0 aromatic heterocycles. The fourth-order valence-electron chi connectivity index (χ4n) is 2.82. The topological polar surface area (TPSA) is 41.1 Å². The van der Waals surface area contributed by atoms with Crippen LogP contribution < -0.4 is 10.6 Å². The maximum absolute atomic E-state index is 12.5. The van der Waals surface area contributed by atoms with Crippen molar-refractivity contribution in [1.29, 1.82) is 0 Å². The van der Waals surface area contributed by atoms with Gasteiger partial charge in [-0.2, -0.15) is 0 Å². The van der Waals surface area contributed by atoms with E-state index in [-0.39, 0.29) is 12.1 Å². The molecule has 0 aliphatic heterocycles. The number of carbonyl (C=O) groups is 1. The number of benzene rings is 3. The fraction of sp³-hybridized carbons (Fsp3) is 0.136. The van der Waals surface area contributed by atoms with Crippen molar-refractivity contribution < 1.29 is 4.79 Å². The average molecular weight is 330 g/mol. The molecule has 0 atom stereocenters. The van der Waals surface area contributed by atoms with Crippen molar-refractivity contribution in [3.63, 3.8) is 0 Å². The zero-order valence-electron chi connectivity index (χ0n) is 14.3. The number of rotatable bonds is 5. The van der Waals surface area contributed by atoms with Gasteiger partial charge in [0.1, 0.15) is 0 Å². The van der Waals surface area contributed by atoms with Gasteiger partial charge in [-0.15, -0.1) is 0 Å². The van der Waals surface area contributed by atoms with Gasteiger partial charge in [-0.25, -0.2) is 4.79 Å². The van der Waals surface area contributed by atoms with Crippen molar-refractivity contribution in [1.82, 2.24) is 10.6 Å². The van der Waals surface area contributed by atoms with E-state index >= 15 is 0 Å². The van der Waals surface area contributed by atoms with Crippen molar-refractivity contribution in [2.45, 2.75) is 19.5 Å². The number of urea groups is 1. The summed E-state index contributed by atoms with van der Waals surface area (Å²) in [6.07, 6.45) is 0. The molecule has 0 radical (unpaired) electrons. The van der Waals surface area contributed by atoms with Crippen molar-refractivity contribution in [3.8, 4) is 0 Å². The summed E-state index contributed by atoms with van der Waals surface area (Å²) >= 11 is 0. The van der Waals surface area contributed by atoms with E-state index in [0.717, 1.165) is 16.7 Å². The van der Waals surface area contributed by atoms with Gasteiger partial charge < -0.3 is 10.6 Å². The first-order valence-electron chi connectivity index (χ1n) is 8.43. The lowest BCUT2D eigenvalue weighted by Crippen LogP contribution is -2.38. The van der Waals surface area contributed by atoms with Crippen LogP contribution in [0, 0.1) is 6.92 Å². The quantitative estimate of drug-likeness (QED) is 0.706. The Kier molecular flexibility index (Phi) is 5.47. The van der Waals surface area contributed by atoms with Crippen LogP contribution >= 0.6 is 0 Å². The number of hydrogen-bond acceptors (Lipinski definition) is 1. The van der Waals surface area contributed by atoms with Gasteiger partial charge >= 0.3 is 6.03 Å². The van der Waals surface area contributed by atoms with Crippen molar-refractivity contribution >= 4 is 6.03 Å². The maximum atomic E-state index is 12.5. The van der Waals surface area contributed by atoms with Gasteiger partial charge in [-0.05, 0) is 29.2 Å². The van der Waals surface area contributed by atoms with E-state index < -0.39 is 0 Å². The molecular weight excluding hydrogens is 308 g/mol. The molecule has 0 saturated carbocycles. The Morgan fingerprint density at radius 1 is 0.800 bits per heavy atom. The summed E-state index contributed by atoms with van der Waals surface area (Å²) in [5.74, 6) is 0. The van der Waals surface area contributed by atoms with Crippen molar-refractivity contribution in [2.24, 2.45) is 0 Å². The van der Waals surface area contributed by atoms with E-state index in [1.165, 1.54) is 5.56 Å². The molecule has 0 unspecified atom stereocenters. The predicted octanol–water partition coefficient (Wildman–Crippen LogP) is 4.58. The third kappa shape index (κ3) is 4.48. The van der Waals surface area contributed by atoms with Gasteiger partial charge in [-0.1, -0.05) is 84.9 Å². The third-order valence-corrected chi connectivity index (χ3v) is 4.24. The van der Waals surface area contributed by atoms with Crippen LogP contribution in [0.1, 0.15) is 28.3 Å². The molecule has 0 fully saturated rings. The first-order chi connectivity index (χ1) is 12.2. The molecule has 3 heteroatoms. The van der Waals surface area contributed by atoms with Crippen molar-refractivity contribution in [3.05, 3.63) is 107 Å². The SMILES string of the molecule is Cc1ccccc1CNC(=O)NC(c1ccccc1)c1ccccc1. The number of carbonyl (C=O) groups excluding carboxylic acids is 1. The molecule has 0 saturated heterocycles. The summed E-state index contributed by atoms with van der Waals surface area (Å²) in [6.45, 7) is 2.56. The molecule has 3 aromatic carbocycles. The second kappa shape index (κ2) is 8.15. The lowest BCUT2D eigenvalue weighted by atomic mass is 9.99. The summed E-state index contributed by atoms with van der Waals surface area (Å²) in [5, 5.41) is 6.05. The molecule has 0 aliphatic carbocycles. The van der Waals surface area contributed by atoms with Crippen LogP contribution in [-0.4, -0.2) is 6.03 Å². The molecule has 0 aliphatic rings. The van der Waals surface area contributed by atoms with Crippen LogP contribution in [0.4, 0.5) is 4.79 Å². The largest absolute Gasteiger partial charge is 0.334 e. The second-order valence-corrected chi connectivity index (χ2v) is 6.01. The summed E-state index contributed by atoms with van der Waals surface area (Å²) < 4.78 is 0. The Morgan fingerprint density at radius 3 is 1.88 bits per heavy atom. The minimum Gasteiger partial charge on any atom is -0.334 e. The zero-order chi connectivity index (χ0) is 17.5. The van der Waals surface area contributed by atoms with Gasteiger partial charge in [0.25, 0.3) is 0 Å². The van der Waals surface area contributed by atoms with Gasteiger partial charge in [-0.3, -0.25) is 0 Å². The smallest absolute Gasteiger partial charge is 0.315 e. The van der Waals surface area contributed by atoms with Gasteiger partial charge in [0, 0.05) is 6.54 Å². The molecule has 2 amide bonds. The van der Waals surface area contributed by atoms with Crippen molar-refractivity contribution in [2.75, 3.05) is 0 Å². The molecular formula is C22H22N2O. The fourth-order valence-corrected chi connectivity index (χ4v) is 2.82. The standard InChI is InChI=1S/C22H22N2O/c1-17-10-8-9-15-20(17)16-23-22(25)24-21(18-11-4-2-5-12-18)19-13-6-3-7-14-19/h2-15,21H,16H2,1H3,(H2,23,24,25). The Balaban J connectivity index is 1.72. The molecule has 0 bridgehead atoms. The maximum Gasteiger partial charge on any atom is 0.315 e. The zero-order valence-corrected chi connectivity index (χ0v) is 14.3. The van der Waals surface area contributed by atoms with E-state index in [4.69, 9.17) is 0 Å². The summed E-state index contributed by atoms with van der Waals surface area (Å²) in [5.41, 5.74) is 4.40. The van der Waals surface area contributed by atoms with Crippen LogP contribution in [0.25, 0.3) is 0 Å². The minimum atomic E-state index is -0.181. The molecule has 3 rings (SSSR count). The Hall–Kier alpha value is -3.07. The van der Waals surface area contributed by atoms with E-state index in [1.807, 2.05) is 91.9 Å². The average Bonchev–Trinajstić information content (AvgIpc) is 2.67. The van der Waals surface area contributed by atoms with E-state index in [1.54, 1.807) is 0 Å². The Bertz CT molecular complexity index is 776. The molecule has 2 N–H and O–H groups in total. The number of aryl methyl sites for hydroxylation is 1. The first kappa shape index (κ1) is 16.8. The van der Waals surface area contributed by atoms with E-state index in [2.05, 4.69) is 10.6 Å². The summed E-state index contributed by atoms with van der Waals surface area (Å²) in [4.78, 5) is 12.5. The minimum absolute atomic E-state index is 0.180. The van der Waals surface area contributed by atoms with Crippen LogP contribution in [-0.2, 0) is 6.54 Å². The van der Waals surface area contributed by atoms with Gasteiger partial charge in [0.15, 0.2) is 0 Å². The first-order valence-corrected chi connectivity index (χ1v) is 8.43. The molecule has 25 heavy (non-hydrogen) atoms. The van der Waals surface area contributed by atoms with E-state index in [0.29, 0.717) is 6.54 Å². The monoisotopic (exact) mass is 330 g/mol. The highest BCUT2D eigenvalue weighted by atomic mass is 16.2. The highest BCUT2D eigenvalue weighted by molar-refractivity contribution is 5.75. The highest BCUT2D eigenvalue weighted by Gasteiger charge is 2.16. The molecule has 3 nitrogen and oxygen atoms in total. The lowest BCUT2D eigenvalue weighted by molar-refractivity contribution is 0.238. The van der Waals surface area contributed by atoms with Gasteiger partial charge in [0.2, 0.25) is 0 Å². The van der Waals surface area contributed by atoms with Gasteiger partial charge in [0.05, 0.1) is 6.04 Å². The predicted molar refractivity (Wildman–Crippen MR) is 101 cm³/mol. The summed E-state index contributed by atoms with van der Waals surface area (Å²) in [6, 6.07) is 27.7. The second-order valence-electron chi connectivity index (χ2n) is 6.01. The molecule has 3 aromatic rings. The summed E-state index contributed by atoms with van der Waals surface area (Å²) in [7, 11) is 0. The van der Waals surface area contributed by atoms with Crippen LogP contribution in [0.3, 0.4) is 0 Å². The molecule has 0 heterocycles. The lowest BCUT2D eigenvalue weighted by Gasteiger charge is -2.20. The van der Waals surface area contributed by atoms with Crippen LogP contribution in [0.2, 0.25) is 0 Å². The number of amides is 2. The Morgan fingerprint density at radius 2 is 1.32 bits per heavy atom. The third-order valence-electron chi connectivity index (χ3n) is 4.24. The van der Waals surface area contributed by atoms with Crippen LogP contribution in [0.5, 0.6) is 0 Å².